The predicted molar refractivity (Wildman–Crippen MR) is 127 cm³/mol. The Kier molecular flexibility index (Phi) is 6.76. The summed E-state index contributed by atoms with van der Waals surface area (Å²) in [5.41, 5.74) is -4.30. The molecule has 13 heteroatoms. The van der Waals surface area contributed by atoms with Crippen LogP contribution in [0.15, 0.2) is 48.8 Å². The summed E-state index contributed by atoms with van der Waals surface area (Å²) >= 11 is 0. The summed E-state index contributed by atoms with van der Waals surface area (Å²) in [6, 6.07) is 6.80. The second-order valence-corrected chi connectivity index (χ2v) is 9.78. The number of hydrogen-bond donors (Lipinski definition) is 4. The Labute approximate surface area is 216 Å². The van der Waals surface area contributed by atoms with Crippen molar-refractivity contribution in [1.82, 2.24) is 19.8 Å². The van der Waals surface area contributed by atoms with Crippen LogP contribution in [0.25, 0.3) is 0 Å². The molecule has 2 aromatic rings. The zero-order valence-corrected chi connectivity index (χ0v) is 20.5. The van der Waals surface area contributed by atoms with E-state index in [0.717, 1.165) is 0 Å². The number of likely N-dealkylation sites (tertiary alicyclic amines) is 2. The van der Waals surface area contributed by atoms with Crippen molar-refractivity contribution in [3.8, 4) is 0 Å². The van der Waals surface area contributed by atoms with Crippen LogP contribution in [0.4, 0.5) is 0 Å². The van der Waals surface area contributed by atoms with Crippen molar-refractivity contribution in [1.29, 1.82) is 0 Å². The van der Waals surface area contributed by atoms with Gasteiger partial charge < -0.3 is 25.3 Å². The fraction of sp³-hybridized carbons (Fsp3) is 0.400. The summed E-state index contributed by atoms with van der Waals surface area (Å²) in [6.07, 6.45) is 2.80. The van der Waals surface area contributed by atoms with Gasteiger partial charge in [0, 0.05) is 25.5 Å². The molecule has 200 valence electrons. The maximum atomic E-state index is 14.8. The number of fused-ring (bicyclic) bond motifs is 2. The maximum Gasteiger partial charge on any atom is 0.319 e. The number of nitrogens with zero attached hydrogens (tertiary/aromatic N) is 4. The number of rotatable bonds is 8. The number of piperidine rings is 2. The minimum absolute atomic E-state index is 0.169. The number of aliphatic carboxylic acids is 4. The van der Waals surface area contributed by atoms with E-state index in [1.165, 1.54) is 48.4 Å². The quantitative estimate of drug-likeness (QED) is 0.342. The van der Waals surface area contributed by atoms with E-state index in [1.54, 1.807) is 24.3 Å². The average molecular weight is 527 g/mol. The molecule has 4 unspecified atom stereocenters. The molecule has 2 bridgehead atoms. The van der Waals surface area contributed by atoms with Gasteiger partial charge in [0.25, 0.3) is 0 Å². The Balaban J connectivity index is 2.18. The van der Waals surface area contributed by atoms with Crippen molar-refractivity contribution in [2.45, 2.75) is 12.1 Å². The molecular formula is C25H26N4O9. The first-order valence-electron chi connectivity index (χ1n) is 11.6. The van der Waals surface area contributed by atoms with Gasteiger partial charge >= 0.3 is 23.9 Å². The largest absolute Gasteiger partial charge is 0.481 e. The number of Topliss-reactive ketones (excluding diaryl/α,β-unsaturated/α-hetero) is 1. The molecule has 2 fully saturated rings. The zero-order valence-electron chi connectivity index (χ0n) is 20.5. The Morgan fingerprint density at radius 1 is 0.763 bits per heavy atom. The van der Waals surface area contributed by atoms with Crippen LogP contribution in [-0.2, 0) is 24.0 Å². The molecule has 4 heterocycles. The third kappa shape index (κ3) is 3.73. The smallest absolute Gasteiger partial charge is 0.319 e. The fourth-order valence-corrected chi connectivity index (χ4v) is 6.70. The molecule has 2 saturated heterocycles. The molecule has 0 radical (unpaired) electrons. The molecule has 13 nitrogen and oxygen atoms in total. The zero-order chi connectivity index (χ0) is 28.0. The lowest BCUT2D eigenvalue weighted by Crippen LogP contribution is -2.76. The number of carbonyl (C=O) groups excluding carboxylic acids is 1. The SMILES string of the molecule is CN1CC2(C(C(=O)O)C(=O)O)C(=O)C(C(C(=O)O)C(=O)O)(C1)C(c1ccccn1)N(C)C2c1ccccn1. The Morgan fingerprint density at radius 3 is 1.42 bits per heavy atom. The molecule has 4 atom stereocenters. The number of carboxylic acids is 4. The van der Waals surface area contributed by atoms with Gasteiger partial charge in [-0.05, 0) is 38.4 Å². The van der Waals surface area contributed by atoms with Gasteiger partial charge in [0.2, 0.25) is 0 Å². The molecular weight excluding hydrogens is 500 g/mol. The van der Waals surface area contributed by atoms with Gasteiger partial charge in [-0.15, -0.1) is 0 Å². The number of hydrogen-bond acceptors (Lipinski definition) is 9. The van der Waals surface area contributed by atoms with Crippen LogP contribution in [0.1, 0.15) is 23.5 Å². The van der Waals surface area contributed by atoms with Gasteiger partial charge in [-0.3, -0.25) is 38.8 Å². The summed E-state index contributed by atoms with van der Waals surface area (Å²) in [4.78, 5) is 76.5. The summed E-state index contributed by atoms with van der Waals surface area (Å²) < 4.78 is 0. The summed E-state index contributed by atoms with van der Waals surface area (Å²) in [6.45, 7) is -0.799. The Morgan fingerprint density at radius 2 is 1.13 bits per heavy atom. The molecule has 2 aromatic heterocycles. The third-order valence-electron chi connectivity index (χ3n) is 7.65. The lowest BCUT2D eigenvalue weighted by molar-refractivity contribution is -0.211. The van der Waals surface area contributed by atoms with Gasteiger partial charge in [-0.2, -0.15) is 0 Å². The Hall–Kier alpha value is -4.23. The van der Waals surface area contributed by atoms with Crippen LogP contribution >= 0.6 is 0 Å². The molecule has 0 spiro atoms. The van der Waals surface area contributed by atoms with E-state index in [-0.39, 0.29) is 11.4 Å². The molecule has 0 aliphatic carbocycles. The molecule has 2 aliphatic rings. The summed E-state index contributed by atoms with van der Waals surface area (Å²) in [7, 11) is 2.94. The number of carboxylic acid groups (broad SMARTS) is 4. The van der Waals surface area contributed by atoms with E-state index in [1.807, 2.05) is 0 Å². The first-order valence-corrected chi connectivity index (χ1v) is 11.6. The second-order valence-electron chi connectivity index (χ2n) is 9.78. The van der Waals surface area contributed by atoms with Crippen LogP contribution in [-0.4, -0.2) is 97.0 Å². The van der Waals surface area contributed by atoms with Gasteiger partial charge in [0.1, 0.15) is 0 Å². The van der Waals surface area contributed by atoms with Gasteiger partial charge in [0.15, 0.2) is 17.6 Å². The van der Waals surface area contributed by atoms with E-state index in [2.05, 4.69) is 9.97 Å². The third-order valence-corrected chi connectivity index (χ3v) is 7.65. The number of pyridine rings is 2. The van der Waals surface area contributed by atoms with E-state index in [0.29, 0.717) is 0 Å². The highest BCUT2D eigenvalue weighted by Gasteiger charge is 2.76. The van der Waals surface area contributed by atoms with Crippen molar-refractivity contribution in [2.24, 2.45) is 22.7 Å². The van der Waals surface area contributed by atoms with Crippen LogP contribution in [0, 0.1) is 22.7 Å². The molecule has 2 aliphatic heterocycles. The van der Waals surface area contributed by atoms with Crippen molar-refractivity contribution in [2.75, 3.05) is 27.2 Å². The Bertz CT molecular complexity index is 1170. The summed E-state index contributed by atoms with van der Waals surface area (Å²) in [5, 5.41) is 40.6. The van der Waals surface area contributed by atoms with E-state index >= 15 is 0 Å². The average Bonchev–Trinajstić information content (AvgIpc) is 2.82. The minimum atomic E-state index is -2.35. The maximum absolute atomic E-state index is 14.8. The number of aromatic nitrogens is 2. The molecule has 0 aromatic carbocycles. The topological polar surface area (TPSA) is 199 Å². The number of ketones is 1. The van der Waals surface area contributed by atoms with Crippen LogP contribution < -0.4 is 0 Å². The lowest BCUT2D eigenvalue weighted by Gasteiger charge is -2.64. The van der Waals surface area contributed by atoms with E-state index < -0.39 is 77.5 Å². The van der Waals surface area contributed by atoms with Crippen molar-refractivity contribution >= 4 is 29.7 Å². The van der Waals surface area contributed by atoms with Crippen LogP contribution in [0.3, 0.4) is 0 Å². The molecule has 38 heavy (non-hydrogen) atoms. The van der Waals surface area contributed by atoms with Crippen LogP contribution in [0.2, 0.25) is 0 Å². The molecule has 0 amide bonds. The van der Waals surface area contributed by atoms with E-state index in [9.17, 15) is 44.4 Å². The molecule has 4 N–H and O–H groups in total. The van der Waals surface area contributed by atoms with Crippen molar-refractivity contribution < 1.29 is 44.4 Å². The van der Waals surface area contributed by atoms with Crippen molar-refractivity contribution in [3.63, 3.8) is 0 Å². The standard InChI is InChI=1S/C25H26N4O9/c1-28-11-24(15(19(30)31)20(32)33)17(13-7-3-5-9-26-13)29(2)18(14-8-4-6-10-27-14)25(12-28,23(24)38)16(21(34)35)22(36)37/h3-10,15-18H,11-12H2,1-2H3,(H,30,31)(H,32,33)(H,34,35)(H,36,37). The van der Waals surface area contributed by atoms with Gasteiger partial charge in [-0.1, -0.05) is 12.1 Å². The van der Waals surface area contributed by atoms with Gasteiger partial charge in [0.05, 0.1) is 34.3 Å². The van der Waals surface area contributed by atoms with Crippen LogP contribution in [0.5, 0.6) is 0 Å². The minimum Gasteiger partial charge on any atom is -0.481 e. The van der Waals surface area contributed by atoms with E-state index in [4.69, 9.17) is 0 Å². The number of carbonyl (C=O) groups is 5. The first-order chi connectivity index (χ1) is 17.9. The highest BCUT2D eigenvalue weighted by molar-refractivity contribution is 6.09. The normalized spacial score (nSPS) is 27.8. The summed E-state index contributed by atoms with van der Waals surface area (Å²) in [5.74, 6) is -13.0. The molecule has 0 saturated carbocycles. The van der Waals surface area contributed by atoms with Gasteiger partial charge in [-0.25, -0.2) is 0 Å². The predicted octanol–water partition coefficient (Wildman–Crippen LogP) is 0.263. The first kappa shape index (κ1) is 26.8. The monoisotopic (exact) mass is 526 g/mol. The fourth-order valence-electron chi connectivity index (χ4n) is 6.70. The highest BCUT2D eigenvalue weighted by atomic mass is 16.4. The molecule has 4 rings (SSSR count). The lowest BCUT2D eigenvalue weighted by atomic mass is 9.48. The van der Waals surface area contributed by atoms with Crippen molar-refractivity contribution in [3.05, 3.63) is 60.2 Å². The second kappa shape index (κ2) is 9.58. The highest BCUT2D eigenvalue weighted by Crippen LogP contribution is 2.64.